The van der Waals surface area contributed by atoms with Crippen LogP contribution in [0.2, 0.25) is 0 Å². The van der Waals surface area contributed by atoms with Gasteiger partial charge in [-0.15, -0.1) is 0 Å². The molecule has 0 aromatic heterocycles. The Bertz CT molecular complexity index is 372. The molecule has 1 aromatic carbocycles. The Labute approximate surface area is 124 Å². The third kappa shape index (κ3) is 5.64. The molecule has 1 aliphatic heterocycles. The topological polar surface area (TPSA) is 15.3 Å². The molecule has 0 aliphatic carbocycles. The fourth-order valence-electron chi connectivity index (χ4n) is 2.79. The normalized spacial score (nSPS) is 18.4. The van der Waals surface area contributed by atoms with Crippen LogP contribution in [0.25, 0.3) is 0 Å². The number of piperidine rings is 1. The van der Waals surface area contributed by atoms with Crippen LogP contribution in [-0.4, -0.2) is 30.6 Å². The van der Waals surface area contributed by atoms with Crippen molar-refractivity contribution >= 4 is 0 Å². The average molecular weight is 274 g/mol. The van der Waals surface area contributed by atoms with Crippen molar-refractivity contribution in [2.75, 3.05) is 19.6 Å². The van der Waals surface area contributed by atoms with Gasteiger partial charge in [0.2, 0.25) is 0 Å². The summed E-state index contributed by atoms with van der Waals surface area (Å²) < 4.78 is 0. The van der Waals surface area contributed by atoms with Crippen molar-refractivity contribution < 1.29 is 0 Å². The number of hydrogen-bond acceptors (Lipinski definition) is 2. The Kier molecular flexibility index (Phi) is 5.62. The molecule has 20 heavy (non-hydrogen) atoms. The van der Waals surface area contributed by atoms with Crippen molar-refractivity contribution in [1.82, 2.24) is 10.2 Å². The first-order chi connectivity index (χ1) is 9.53. The van der Waals surface area contributed by atoms with Crippen LogP contribution in [0.3, 0.4) is 0 Å². The van der Waals surface area contributed by atoms with Gasteiger partial charge in [-0.3, -0.25) is 4.90 Å². The fraction of sp³-hybridized carbons (Fsp3) is 0.667. The zero-order valence-corrected chi connectivity index (χ0v) is 13.4. The van der Waals surface area contributed by atoms with Gasteiger partial charge < -0.3 is 5.32 Å². The second kappa shape index (κ2) is 7.24. The fourth-order valence-corrected chi connectivity index (χ4v) is 2.79. The minimum atomic E-state index is 0.445. The predicted octanol–water partition coefficient (Wildman–Crippen LogP) is 3.68. The minimum absolute atomic E-state index is 0.445. The van der Waals surface area contributed by atoms with Crippen LogP contribution in [0.1, 0.15) is 45.6 Å². The zero-order valence-electron chi connectivity index (χ0n) is 13.4. The van der Waals surface area contributed by atoms with Crippen molar-refractivity contribution in [3.8, 4) is 0 Å². The Hall–Kier alpha value is -0.860. The van der Waals surface area contributed by atoms with E-state index in [2.05, 4.69) is 61.3 Å². The molecule has 1 heterocycles. The molecule has 0 bridgehead atoms. The molecule has 0 amide bonds. The van der Waals surface area contributed by atoms with Crippen LogP contribution < -0.4 is 5.32 Å². The highest BCUT2D eigenvalue weighted by Crippen LogP contribution is 2.18. The summed E-state index contributed by atoms with van der Waals surface area (Å²) in [5.41, 5.74) is 1.88. The van der Waals surface area contributed by atoms with E-state index in [1.807, 2.05) is 0 Å². The van der Waals surface area contributed by atoms with E-state index in [1.54, 1.807) is 0 Å². The quantitative estimate of drug-likeness (QED) is 0.881. The Morgan fingerprint density at radius 1 is 1.10 bits per heavy atom. The summed E-state index contributed by atoms with van der Waals surface area (Å²) in [6, 6.07) is 11.5. The maximum absolute atomic E-state index is 3.74. The third-order valence-corrected chi connectivity index (χ3v) is 4.14. The van der Waals surface area contributed by atoms with Crippen LogP contribution in [0.5, 0.6) is 0 Å². The molecule has 0 saturated carbocycles. The highest BCUT2D eigenvalue weighted by atomic mass is 15.1. The summed E-state index contributed by atoms with van der Waals surface area (Å²) in [5, 5.41) is 3.74. The van der Waals surface area contributed by atoms with Gasteiger partial charge in [0.25, 0.3) is 0 Å². The Morgan fingerprint density at radius 2 is 1.75 bits per heavy atom. The van der Waals surface area contributed by atoms with E-state index in [9.17, 15) is 0 Å². The molecule has 2 heteroatoms. The molecule has 0 unspecified atom stereocenters. The molecular formula is C18H30N2. The Morgan fingerprint density at radius 3 is 2.35 bits per heavy atom. The lowest BCUT2D eigenvalue weighted by Gasteiger charge is -2.33. The summed E-state index contributed by atoms with van der Waals surface area (Å²) in [7, 11) is 0. The van der Waals surface area contributed by atoms with Crippen molar-refractivity contribution in [3.63, 3.8) is 0 Å². The third-order valence-electron chi connectivity index (χ3n) is 4.14. The molecule has 0 spiro atoms. The lowest BCUT2D eigenvalue weighted by atomic mass is 9.92. The van der Waals surface area contributed by atoms with Crippen molar-refractivity contribution in [2.45, 2.75) is 52.6 Å². The highest BCUT2D eigenvalue weighted by molar-refractivity contribution is 5.14. The van der Waals surface area contributed by atoms with Crippen molar-refractivity contribution in [2.24, 2.45) is 5.41 Å². The summed E-state index contributed by atoms with van der Waals surface area (Å²) in [6.07, 6.45) is 3.84. The minimum Gasteiger partial charge on any atom is -0.314 e. The van der Waals surface area contributed by atoms with E-state index in [1.165, 1.54) is 37.9 Å². The highest BCUT2D eigenvalue weighted by Gasteiger charge is 2.19. The monoisotopic (exact) mass is 274 g/mol. The first kappa shape index (κ1) is 15.5. The number of likely N-dealkylation sites (tertiary alicyclic amines) is 1. The molecular weight excluding hydrogens is 244 g/mol. The second-order valence-corrected chi connectivity index (χ2v) is 7.30. The van der Waals surface area contributed by atoms with Crippen LogP contribution >= 0.6 is 0 Å². The summed E-state index contributed by atoms with van der Waals surface area (Å²) in [5.74, 6) is 0. The first-order valence-electron chi connectivity index (χ1n) is 8.03. The number of nitrogens with one attached hydrogen (secondary N) is 1. The molecule has 1 N–H and O–H groups in total. The van der Waals surface area contributed by atoms with Gasteiger partial charge >= 0.3 is 0 Å². The van der Waals surface area contributed by atoms with Crippen LogP contribution in [0.15, 0.2) is 30.3 Å². The van der Waals surface area contributed by atoms with E-state index < -0.39 is 0 Å². The van der Waals surface area contributed by atoms with Crippen LogP contribution in [0.4, 0.5) is 0 Å². The second-order valence-electron chi connectivity index (χ2n) is 7.30. The number of hydrogen-bond donors (Lipinski definition) is 1. The molecule has 0 atom stereocenters. The maximum Gasteiger partial charge on any atom is 0.0233 e. The number of nitrogens with zero attached hydrogens (tertiary/aromatic N) is 1. The average Bonchev–Trinajstić information content (AvgIpc) is 2.41. The van der Waals surface area contributed by atoms with Gasteiger partial charge in [0, 0.05) is 12.6 Å². The summed E-state index contributed by atoms with van der Waals surface area (Å²) in [6.45, 7) is 11.7. The van der Waals surface area contributed by atoms with Gasteiger partial charge in [0.05, 0.1) is 0 Å². The molecule has 0 radical (unpaired) electrons. The van der Waals surface area contributed by atoms with Gasteiger partial charge in [0.15, 0.2) is 0 Å². The van der Waals surface area contributed by atoms with E-state index in [-0.39, 0.29) is 0 Å². The van der Waals surface area contributed by atoms with Crippen molar-refractivity contribution in [3.05, 3.63) is 35.9 Å². The number of benzene rings is 1. The maximum atomic E-state index is 3.74. The van der Waals surface area contributed by atoms with E-state index in [4.69, 9.17) is 0 Å². The van der Waals surface area contributed by atoms with E-state index in [0.29, 0.717) is 5.41 Å². The molecule has 1 aromatic rings. The Balaban J connectivity index is 1.65. The standard InChI is InChI=1S/C18H30N2/c1-18(2,3)11-12-19-17-9-13-20(14-10-17)15-16-7-5-4-6-8-16/h4-8,17,19H,9-15H2,1-3H3. The number of rotatable bonds is 5. The van der Waals surface area contributed by atoms with Crippen LogP contribution in [-0.2, 0) is 6.54 Å². The predicted molar refractivity (Wildman–Crippen MR) is 86.8 cm³/mol. The van der Waals surface area contributed by atoms with E-state index in [0.717, 1.165) is 19.1 Å². The molecule has 1 fully saturated rings. The largest absolute Gasteiger partial charge is 0.314 e. The van der Waals surface area contributed by atoms with Crippen LogP contribution in [0, 0.1) is 5.41 Å². The SMILES string of the molecule is CC(C)(C)CCNC1CCN(Cc2ccccc2)CC1. The lowest BCUT2D eigenvalue weighted by Crippen LogP contribution is -2.42. The molecule has 112 valence electrons. The lowest BCUT2D eigenvalue weighted by molar-refractivity contribution is 0.188. The van der Waals surface area contributed by atoms with Gasteiger partial charge in [-0.25, -0.2) is 0 Å². The first-order valence-corrected chi connectivity index (χ1v) is 8.03. The van der Waals surface area contributed by atoms with Gasteiger partial charge in [0.1, 0.15) is 0 Å². The molecule has 2 rings (SSSR count). The summed E-state index contributed by atoms with van der Waals surface area (Å²) >= 11 is 0. The van der Waals surface area contributed by atoms with Gasteiger partial charge in [-0.1, -0.05) is 51.1 Å². The van der Waals surface area contributed by atoms with Gasteiger partial charge in [-0.05, 0) is 49.9 Å². The molecule has 2 nitrogen and oxygen atoms in total. The van der Waals surface area contributed by atoms with Gasteiger partial charge in [-0.2, -0.15) is 0 Å². The van der Waals surface area contributed by atoms with E-state index >= 15 is 0 Å². The summed E-state index contributed by atoms with van der Waals surface area (Å²) in [4.78, 5) is 2.58. The molecule has 1 aliphatic rings. The van der Waals surface area contributed by atoms with Crippen molar-refractivity contribution in [1.29, 1.82) is 0 Å². The molecule has 1 saturated heterocycles. The smallest absolute Gasteiger partial charge is 0.0233 e. The zero-order chi connectivity index (χ0) is 14.4.